The Labute approximate surface area is 141 Å². The topological polar surface area (TPSA) is 63.7 Å². The summed E-state index contributed by atoms with van der Waals surface area (Å²) in [6.45, 7) is 3.94. The van der Waals surface area contributed by atoms with Crippen molar-refractivity contribution < 1.29 is 17.9 Å². The molecule has 1 aliphatic rings. The number of rotatable bonds is 4. The number of aryl methyl sites for hydroxylation is 1. The molecule has 0 radical (unpaired) electrons. The highest BCUT2D eigenvalue weighted by molar-refractivity contribution is 7.92. The number of ether oxygens (including phenoxy) is 1. The maximum atomic E-state index is 12.9. The van der Waals surface area contributed by atoms with Crippen molar-refractivity contribution in [1.29, 1.82) is 0 Å². The molecular weight excluding hydrogens is 326 g/mol. The number of ketones is 1. The first-order chi connectivity index (χ1) is 11.4. The van der Waals surface area contributed by atoms with E-state index < -0.39 is 10.0 Å². The third-order valence-corrected chi connectivity index (χ3v) is 5.74. The molecule has 0 bridgehead atoms. The molecule has 0 saturated heterocycles. The molecule has 24 heavy (non-hydrogen) atoms. The fourth-order valence-corrected chi connectivity index (χ4v) is 4.24. The number of nitrogens with zero attached hydrogens (tertiary/aromatic N) is 1. The zero-order chi connectivity index (χ0) is 17.3. The second-order valence-corrected chi connectivity index (χ2v) is 7.79. The maximum Gasteiger partial charge on any atom is 0.239 e. The minimum absolute atomic E-state index is 0.0863. The van der Waals surface area contributed by atoms with E-state index in [1.54, 1.807) is 18.2 Å². The number of sulfonamides is 1. The van der Waals surface area contributed by atoms with Gasteiger partial charge in [0.1, 0.15) is 12.4 Å². The van der Waals surface area contributed by atoms with E-state index in [2.05, 4.69) is 0 Å². The maximum absolute atomic E-state index is 12.9. The number of carbonyl (C=O) groups excluding carboxylic acids is 1. The Morgan fingerprint density at radius 1 is 1.17 bits per heavy atom. The first-order valence-electron chi connectivity index (χ1n) is 7.70. The van der Waals surface area contributed by atoms with Crippen molar-refractivity contribution in [2.45, 2.75) is 19.6 Å². The second kappa shape index (κ2) is 6.28. The molecule has 6 heteroatoms. The molecule has 0 aliphatic carbocycles. The largest absolute Gasteiger partial charge is 0.489 e. The lowest BCUT2D eigenvalue weighted by atomic mass is 10.1. The second-order valence-electron chi connectivity index (χ2n) is 5.90. The van der Waals surface area contributed by atoms with Crippen LogP contribution >= 0.6 is 0 Å². The first-order valence-corrected chi connectivity index (χ1v) is 9.31. The van der Waals surface area contributed by atoms with Crippen molar-refractivity contribution in [3.05, 3.63) is 59.2 Å². The Morgan fingerprint density at radius 2 is 1.88 bits per heavy atom. The zero-order valence-corrected chi connectivity index (χ0v) is 14.5. The van der Waals surface area contributed by atoms with Crippen LogP contribution in [0.5, 0.6) is 5.75 Å². The van der Waals surface area contributed by atoms with Gasteiger partial charge in [0.15, 0.2) is 5.78 Å². The summed E-state index contributed by atoms with van der Waals surface area (Å²) >= 11 is 0. The summed E-state index contributed by atoms with van der Waals surface area (Å²) in [6, 6.07) is 12.3. The lowest BCUT2D eigenvalue weighted by molar-refractivity contribution is 0.101. The number of carbonyl (C=O) groups is 1. The molecule has 0 aromatic heterocycles. The first kappa shape index (κ1) is 16.5. The van der Waals surface area contributed by atoms with Crippen LogP contribution in [0.15, 0.2) is 42.5 Å². The molecule has 0 atom stereocenters. The normalized spacial score (nSPS) is 14.0. The monoisotopic (exact) mass is 345 g/mol. The molecule has 0 spiro atoms. The van der Waals surface area contributed by atoms with E-state index in [0.717, 1.165) is 11.1 Å². The molecule has 0 amide bonds. The van der Waals surface area contributed by atoms with Crippen LogP contribution in [0.2, 0.25) is 0 Å². The lowest BCUT2D eigenvalue weighted by Crippen LogP contribution is -2.38. The number of hydrogen-bond acceptors (Lipinski definition) is 4. The van der Waals surface area contributed by atoms with Crippen LogP contribution in [0.3, 0.4) is 0 Å². The van der Waals surface area contributed by atoms with Crippen LogP contribution < -0.4 is 9.04 Å². The predicted molar refractivity (Wildman–Crippen MR) is 93.1 cm³/mol. The highest BCUT2D eigenvalue weighted by Crippen LogP contribution is 2.35. The Balaban J connectivity index is 1.96. The third kappa shape index (κ3) is 3.28. The number of Topliss-reactive ketones (excluding diaryl/α,β-unsaturated/α-hetero) is 1. The highest BCUT2D eigenvalue weighted by atomic mass is 32.2. The van der Waals surface area contributed by atoms with Gasteiger partial charge in [-0.2, -0.15) is 0 Å². The van der Waals surface area contributed by atoms with Gasteiger partial charge in [-0.3, -0.25) is 9.10 Å². The molecule has 126 valence electrons. The van der Waals surface area contributed by atoms with E-state index in [0.29, 0.717) is 23.6 Å². The van der Waals surface area contributed by atoms with Gasteiger partial charge in [-0.25, -0.2) is 8.42 Å². The van der Waals surface area contributed by atoms with Gasteiger partial charge in [0.2, 0.25) is 10.0 Å². The Bertz CT molecular complexity index is 872. The van der Waals surface area contributed by atoms with E-state index >= 15 is 0 Å². The fraction of sp³-hybridized carbons (Fsp3) is 0.278. The molecule has 0 fully saturated rings. The molecule has 1 heterocycles. The lowest BCUT2D eigenvalue weighted by Gasteiger charge is -2.30. The Morgan fingerprint density at radius 3 is 2.54 bits per heavy atom. The van der Waals surface area contributed by atoms with Gasteiger partial charge in [-0.15, -0.1) is 0 Å². The summed E-state index contributed by atoms with van der Waals surface area (Å²) in [5.74, 6) is 0.287. The third-order valence-electron chi connectivity index (χ3n) is 3.99. The van der Waals surface area contributed by atoms with Crippen molar-refractivity contribution in [3.63, 3.8) is 0 Å². The quantitative estimate of drug-likeness (QED) is 0.799. The van der Waals surface area contributed by atoms with Crippen molar-refractivity contribution in [3.8, 4) is 5.75 Å². The van der Waals surface area contributed by atoms with E-state index in [4.69, 9.17) is 4.74 Å². The van der Waals surface area contributed by atoms with Gasteiger partial charge in [0, 0.05) is 5.56 Å². The SMILES string of the molecule is CC(=O)c1ccc2c(c1)N(S(=O)(=O)Cc1ccc(C)cc1)CCO2. The molecule has 3 rings (SSSR count). The van der Waals surface area contributed by atoms with E-state index in [1.165, 1.54) is 11.2 Å². The van der Waals surface area contributed by atoms with E-state index in [-0.39, 0.29) is 18.1 Å². The van der Waals surface area contributed by atoms with E-state index in [1.807, 2.05) is 31.2 Å². The van der Waals surface area contributed by atoms with Crippen LogP contribution in [0.4, 0.5) is 5.69 Å². The fourth-order valence-electron chi connectivity index (χ4n) is 2.67. The summed E-state index contributed by atoms with van der Waals surface area (Å²) < 4.78 is 32.6. The summed E-state index contributed by atoms with van der Waals surface area (Å²) in [5.41, 5.74) is 2.71. The molecular formula is C18H19NO4S. The summed E-state index contributed by atoms with van der Waals surface area (Å²) in [6.07, 6.45) is 0. The average Bonchev–Trinajstić information content (AvgIpc) is 2.55. The van der Waals surface area contributed by atoms with Crippen molar-refractivity contribution >= 4 is 21.5 Å². The standard InChI is InChI=1S/C18H19NO4S/c1-13-3-5-15(6-4-13)12-24(21,22)19-9-10-23-18-8-7-16(14(2)20)11-17(18)19/h3-8,11H,9-10,12H2,1-2H3. The summed E-state index contributed by atoms with van der Waals surface area (Å²) in [4.78, 5) is 11.6. The Kier molecular flexibility index (Phi) is 4.32. The van der Waals surface area contributed by atoms with Crippen molar-refractivity contribution in [2.24, 2.45) is 0 Å². The summed E-state index contributed by atoms with van der Waals surface area (Å²) in [5, 5.41) is 0. The van der Waals surface area contributed by atoms with Gasteiger partial charge in [0.05, 0.1) is 18.0 Å². The molecule has 2 aromatic carbocycles. The molecule has 0 unspecified atom stereocenters. The summed E-state index contributed by atoms with van der Waals surface area (Å²) in [7, 11) is -3.56. The number of hydrogen-bond donors (Lipinski definition) is 0. The van der Waals surface area contributed by atoms with Gasteiger partial charge < -0.3 is 4.74 Å². The highest BCUT2D eigenvalue weighted by Gasteiger charge is 2.29. The van der Waals surface area contributed by atoms with Crippen LogP contribution in [-0.2, 0) is 15.8 Å². The zero-order valence-electron chi connectivity index (χ0n) is 13.7. The number of anilines is 1. The van der Waals surface area contributed by atoms with Crippen LogP contribution in [-0.4, -0.2) is 27.4 Å². The minimum atomic E-state index is -3.56. The smallest absolute Gasteiger partial charge is 0.239 e. The van der Waals surface area contributed by atoms with Gasteiger partial charge >= 0.3 is 0 Å². The molecule has 0 saturated carbocycles. The van der Waals surface area contributed by atoms with Gasteiger partial charge in [-0.1, -0.05) is 29.8 Å². The van der Waals surface area contributed by atoms with Gasteiger partial charge in [0.25, 0.3) is 0 Å². The molecule has 0 N–H and O–H groups in total. The minimum Gasteiger partial charge on any atom is -0.489 e. The van der Waals surface area contributed by atoms with Crippen molar-refractivity contribution in [1.82, 2.24) is 0 Å². The average molecular weight is 345 g/mol. The van der Waals surface area contributed by atoms with Crippen LogP contribution in [0.25, 0.3) is 0 Å². The van der Waals surface area contributed by atoms with Crippen LogP contribution in [0.1, 0.15) is 28.4 Å². The Hall–Kier alpha value is -2.34. The molecule has 2 aromatic rings. The molecule has 1 aliphatic heterocycles. The molecule has 5 nitrogen and oxygen atoms in total. The van der Waals surface area contributed by atoms with E-state index in [9.17, 15) is 13.2 Å². The predicted octanol–water partition coefficient (Wildman–Crippen LogP) is 2.93. The number of fused-ring (bicyclic) bond motifs is 1. The van der Waals surface area contributed by atoms with Crippen LogP contribution in [0, 0.1) is 6.92 Å². The number of benzene rings is 2. The van der Waals surface area contributed by atoms with Crippen molar-refractivity contribution in [2.75, 3.05) is 17.5 Å². The van der Waals surface area contributed by atoms with Gasteiger partial charge in [-0.05, 0) is 37.6 Å².